The largest absolute Gasteiger partial charge is 0.491 e. The third kappa shape index (κ3) is 3.57. The number of hydrogen-bond donors (Lipinski definition) is 2. The van der Waals surface area contributed by atoms with Gasteiger partial charge in [0.25, 0.3) is 0 Å². The maximum atomic E-state index is 9.66. The minimum Gasteiger partial charge on any atom is -0.491 e. The van der Waals surface area contributed by atoms with Crippen LogP contribution in [-0.2, 0) is 0 Å². The molecular weight excluding hydrogens is 252 g/mol. The quantitative estimate of drug-likeness (QED) is 0.813. The molecule has 20 heavy (non-hydrogen) atoms. The Morgan fingerprint density at radius 2 is 2.10 bits per heavy atom. The standard InChI is InChI=1S/C16H26N2O2/c1-3-10-20-16-11-14(4-5-15(16)17)18-8-6-13(7-9-18)12(2)19/h4-5,11-13,19H,3,6-10,17H2,1-2H3. The fourth-order valence-corrected chi connectivity index (χ4v) is 2.70. The maximum absolute atomic E-state index is 9.66. The van der Waals surface area contributed by atoms with Gasteiger partial charge in [-0.15, -0.1) is 0 Å². The number of aliphatic hydroxyl groups is 1. The van der Waals surface area contributed by atoms with Gasteiger partial charge in [-0.2, -0.15) is 0 Å². The molecule has 0 spiro atoms. The van der Waals surface area contributed by atoms with Gasteiger partial charge in [0.05, 0.1) is 18.4 Å². The Balaban J connectivity index is 2.02. The van der Waals surface area contributed by atoms with Crippen LogP contribution < -0.4 is 15.4 Å². The highest BCUT2D eigenvalue weighted by atomic mass is 16.5. The van der Waals surface area contributed by atoms with Crippen molar-refractivity contribution in [2.75, 3.05) is 30.3 Å². The Hall–Kier alpha value is -1.42. The third-order valence-corrected chi connectivity index (χ3v) is 4.05. The highest BCUT2D eigenvalue weighted by Gasteiger charge is 2.23. The van der Waals surface area contributed by atoms with E-state index in [1.54, 1.807) is 0 Å². The monoisotopic (exact) mass is 278 g/mol. The van der Waals surface area contributed by atoms with Gasteiger partial charge in [0.1, 0.15) is 5.75 Å². The van der Waals surface area contributed by atoms with Crippen molar-refractivity contribution >= 4 is 11.4 Å². The number of nitrogen functional groups attached to an aromatic ring is 1. The molecule has 112 valence electrons. The normalized spacial score (nSPS) is 18.1. The van der Waals surface area contributed by atoms with Crippen molar-refractivity contribution in [1.29, 1.82) is 0 Å². The van der Waals surface area contributed by atoms with Gasteiger partial charge in [0.2, 0.25) is 0 Å². The van der Waals surface area contributed by atoms with E-state index in [0.29, 0.717) is 18.2 Å². The summed E-state index contributed by atoms with van der Waals surface area (Å²) in [6.07, 6.45) is 2.84. The van der Waals surface area contributed by atoms with Gasteiger partial charge in [0, 0.05) is 24.8 Å². The number of nitrogens with zero attached hydrogens (tertiary/aromatic N) is 1. The minimum atomic E-state index is -0.202. The number of anilines is 2. The van der Waals surface area contributed by atoms with Crippen molar-refractivity contribution in [3.8, 4) is 5.75 Å². The van der Waals surface area contributed by atoms with Crippen molar-refractivity contribution in [1.82, 2.24) is 0 Å². The summed E-state index contributed by atoms with van der Waals surface area (Å²) in [6, 6.07) is 6.01. The Labute approximate surface area is 121 Å². The first kappa shape index (κ1) is 15.0. The average molecular weight is 278 g/mol. The van der Waals surface area contributed by atoms with Gasteiger partial charge >= 0.3 is 0 Å². The number of rotatable bonds is 5. The molecule has 0 radical (unpaired) electrons. The van der Waals surface area contributed by atoms with Crippen LogP contribution in [0.4, 0.5) is 11.4 Å². The molecule has 4 heteroatoms. The molecule has 0 aliphatic carbocycles. The Morgan fingerprint density at radius 3 is 2.70 bits per heavy atom. The predicted octanol–water partition coefficient (Wildman–Crippen LogP) is 2.65. The van der Waals surface area contributed by atoms with Crippen LogP contribution >= 0.6 is 0 Å². The first-order chi connectivity index (χ1) is 9.61. The summed E-state index contributed by atoms with van der Waals surface area (Å²) in [6.45, 7) is 6.62. The lowest BCUT2D eigenvalue weighted by atomic mass is 9.92. The Kier molecular flexibility index (Phi) is 5.12. The van der Waals surface area contributed by atoms with E-state index in [0.717, 1.165) is 43.8 Å². The predicted molar refractivity (Wildman–Crippen MR) is 83.3 cm³/mol. The molecule has 0 amide bonds. The first-order valence-electron chi connectivity index (χ1n) is 7.57. The number of hydrogen-bond acceptors (Lipinski definition) is 4. The van der Waals surface area contributed by atoms with E-state index in [-0.39, 0.29) is 6.10 Å². The van der Waals surface area contributed by atoms with Gasteiger partial charge in [-0.3, -0.25) is 0 Å². The van der Waals surface area contributed by atoms with E-state index in [2.05, 4.69) is 17.9 Å². The number of aliphatic hydroxyl groups excluding tert-OH is 1. The summed E-state index contributed by atoms with van der Waals surface area (Å²) >= 11 is 0. The van der Waals surface area contributed by atoms with E-state index in [1.807, 2.05) is 19.1 Å². The van der Waals surface area contributed by atoms with Gasteiger partial charge < -0.3 is 20.5 Å². The van der Waals surface area contributed by atoms with Crippen LogP contribution in [0.1, 0.15) is 33.1 Å². The molecule has 2 rings (SSSR count). The van der Waals surface area contributed by atoms with E-state index in [4.69, 9.17) is 10.5 Å². The number of nitrogens with two attached hydrogens (primary N) is 1. The summed E-state index contributed by atoms with van der Waals surface area (Å²) in [5.74, 6) is 1.21. The molecule has 0 aromatic heterocycles. The zero-order valence-electron chi connectivity index (χ0n) is 12.5. The van der Waals surface area contributed by atoms with Gasteiger partial charge in [-0.05, 0) is 44.2 Å². The Bertz CT molecular complexity index is 426. The highest BCUT2D eigenvalue weighted by Crippen LogP contribution is 2.31. The molecule has 1 atom stereocenters. The molecule has 1 fully saturated rings. The number of piperidine rings is 1. The lowest BCUT2D eigenvalue weighted by Crippen LogP contribution is -2.37. The van der Waals surface area contributed by atoms with Crippen LogP contribution in [0, 0.1) is 5.92 Å². The van der Waals surface area contributed by atoms with Crippen LogP contribution in [0.2, 0.25) is 0 Å². The van der Waals surface area contributed by atoms with Gasteiger partial charge in [0.15, 0.2) is 0 Å². The summed E-state index contributed by atoms with van der Waals surface area (Å²) in [5.41, 5.74) is 7.80. The van der Waals surface area contributed by atoms with Gasteiger partial charge in [-0.1, -0.05) is 6.92 Å². The second-order valence-electron chi connectivity index (χ2n) is 5.64. The van der Waals surface area contributed by atoms with Crippen molar-refractivity contribution < 1.29 is 9.84 Å². The SMILES string of the molecule is CCCOc1cc(N2CCC(C(C)O)CC2)ccc1N. The first-order valence-corrected chi connectivity index (χ1v) is 7.57. The molecular formula is C16H26N2O2. The van der Waals surface area contributed by atoms with E-state index < -0.39 is 0 Å². The van der Waals surface area contributed by atoms with Gasteiger partial charge in [-0.25, -0.2) is 0 Å². The van der Waals surface area contributed by atoms with Crippen molar-refractivity contribution in [2.45, 2.75) is 39.2 Å². The summed E-state index contributed by atoms with van der Waals surface area (Å²) in [4.78, 5) is 2.34. The second-order valence-corrected chi connectivity index (χ2v) is 5.64. The lowest BCUT2D eigenvalue weighted by molar-refractivity contribution is 0.110. The fourth-order valence-electron chi connectivity index (χ4n) is 2.70. The third-order valence-electron chi connectivity index (χ3n) is 4.05. The number of ether oxygens (including phenoxy) is 1. The fraction of sp³-hybridized carbons (Fsp3) is 0.625. The molecule has 4 nitrogen and oxygen atoms in total. The zero-order valence-corrected chi connectivity index (χ0v) is 12.5. The molecule has 1 unspecified atom stereocenters. The van der Waals surface area contributed by atoms with Crippen LogP contribution in [0.5, 0.6) is 5.75 Å². The van der Waals surface area contributed by atoms with E-state index >= 15 is 0 Å². The smallest absolute Gasteiger partial charge is 0.144 e. The number of benzene rings is 1. The van der Waals surface area contributed by atoms with Crippen LogP contribution in [0.3, 0.4) is 0 Å². The second kappa shape index (κ2) is 6.84. The van der Waals surface area contributed by atoms with Crippen LogP contribution in [0.15, 0.2) is 18.2 Å². The molecule has 0 saturated carbocycles. The summed E-state index contributed by atoms with van der Waals surface area (Å²) < 4.78 is 5.69. The minimum absolute atomic E-state index is 0.202. The molecule has 3 N–H and O–H groups in total. The molecule has 1 aliphatic rings. The molecule has 1 aromatic rings. The molecule has 1 aliphatic heterocycles. The average Bonchev–Trinajstić information content (AvgIpc) is 2.46. The highest BCUT2D eigenvalue weighted by molar-refractivity contribution is 5.62. The lowest BCUT2D eigenvalue weighted by Gasteiger charge is -2.35. The van der Waals surface area contributed by atoms with Crippen molar-refractivity contribution in [3.05, 3.63) is 18.2 Å². The molecule has 0 bridgehead atoms. The van der Waals surface area contributed by atoms with Crippen LogP contribution in [0.25, 0.3) is 0 Å². The molecule has 1 saturated heterocycles. The van der Waals surface area contributed by atoms with Crippen molar-refractivity contribution in [3.63, 3.8) is 0 Å². The molecule has 1 aromatic carbocycles. The zero-order chi connectivity index (χ0) is 14.5. The van der Waals surface area contributed by atoms with E-state index in [1.165, 1.54) is 0 Å². The molecule has 1 heterocycles. The summed E-state index contributed by atoms with van der Waals surface area (Å²) in [5, 5.41) is 9.66. The summed E-state index contributed by atoms with van der Waals surface area (Å²) in [7, 11) is 0. The Morgan fingerprint density at radius 1 is 1.40 bits per heavy atom. The van der Waals surface area contributed by atoms with Crippen LogP contribution in [-0.4, -0.2) is 30.9 Å². The topological polar surface area (TPSA) is 58.7 Å². The van der Waals surface area contributed by atoms with E-state index in [9.17, 15) is 5.11 Å². The maximum Gasteiger partial charge on any atom is 0.144 e. The van der Waals surface area contributed by atoms with Crippen molar-refractivity contribution in [2.24, 2.45) is 5.92 Å².